The standard InChI is InChI=1S/C17H16O2S2/c1-3-20-14-8-12(18)17-13(19)9-15(21-4-2)11-7-5-6-10(14)16(11)17/h5-9,18H,3-4H2,1-2H3. The number of phenolic OH excluding ortho intramolecular Hbond substituents is 1. The molecule has 0 saturated heterocycles. The summed E-state index contributed by atoms with van der Waals surface area (Å²) < 4.78 is 0. The van der Waals surface area contributed by atoms with Crippen molar-refractivity contribution in [1.29, 1.82) is 0 Å². The largest absolute Gasteiger partial charge is 0.507 e. The van der Waals surface area contributed by atoms with Crippen LogP contribution in [-0.2, 0) is 0 Å². The Hall–Kier alpha value is -1.39. The van der Waals surface area contributed by atoms with E-state index in [1.165, 1.54) is 0 Å². The second kappa shape index (κ2) is 5.78. The Kier molecular flexibility index (Phi) is 4.00. The van der Waals surface area contributed by atoms with E-state index in [2.05, 4.69) is 13.8 Å². The van der Waals surface area contributed by atoms with Gasteiger partial charge in [-0.1, -0.05) is 32.0 Å². The van der Waals surface area contributed by atoms with E-state index in [0.29, 0.717) is 5.56 Å². The van der Waals surface area contributed by atoms with Crippen LogP contribution in [0.3, 0.4) is 0 Å². The molecule has 0 bridgehead atoms. The van der Waals surface area contributed by atoms with Gasteiger partial charge in [0.2, 0.25) is 0 Å². The average Bonchev–Trinajstić information content (AvgIpc) is 2.46. The summed E-state index contributed by atoms with van der Waals surface area (Å²) in [4.78, 5) is 14.4. The maximum atomic E-state index is 12.4. The van der Waals surface area contributed by atoms with Crippen molar-refractivity contribution < 1.29 is 9.90 Å². The number of carbonyl (C=O) groups is 1. The van der Waals surface area contributed by atoms with E-state index in [-0.39, 0.29) is 11.5 Å². The van der Waals surface area contributed by atoms with Gasteiger partial charge < -0.3 is 5.11 Å². The van der Waals surface area contributed by atoms with Crippen LogP contribution in [-0.4, -0.2) is 22.4 Å². The molecule has 0 spiro atoms. The second-order valence-corrected chi connectivity index (χ2v) is 7.35. The van der Waals surface area contributed by atoms with Gasteiger partial charge in [-0.15, -0.1) is 23.5 Å². The predicted molar refractivity (Wildman–Crippen MR) is 92.5 cm³/mol. The fraction of sp³-hybridized carbons (Fsp3) is 0.235. The molecule has 0 aromatic heterocycles. The molecule has 2 aromatic carbocycles. The van der Waals surface area contributed by atoms with Crippen molar-refractivity contribution in [3.05, 3.63) is 41.5 Å². The van der Waals surface area contributed by atoms with Crippen LogP contribution in [0.15, 0.2) is 35.2 Å². The summed E-state index contributed by atoms with van der Waals surface area (Å²) in [7, 11) is 0. The van der Waals surface area contributed by atoms with Gasteiger partial charge in [-0.3, -0.25) is 4.79 Å². The Morgan fingerprint density at radius 3 is 2.62 bits per heavy atom. The van der Waals surface area contributed by atoms with Gasteiger partial charge >= 0.3 is 0 Å². The highest BCUT2D eigenvalue weighted by atomic mass is 32.2. The molecule has 1 aliphatic rings. The van der Waals surface area contributed by atoms with Crippen LogP contribution in [0.25, 0.3) is 15.7 Å². The number of carbonyl (C=O) groups excluding carboxylic acids is 1. The van der Waals surface area contributed by atoms with Crippen molar-refractivity contribution >= 4 is 45.0 Å². The quantitative estimate of drug-likeness (QED) is 0.810. The SMILES string of the molecule is CCSC1=CC(=O)c2c(O)cc(SCC)c3cccc1c23. The molecule has 0 heterocycles. The van der Waals surface area contributed by atoms with Gasteiger partial charge in [-0.05, 0) is 28.5 Å². The zero-order valence-corrected chi connectivity index (χ0v) is 13.6. The number of aromatic hydroxyl groups is 1. The molecule has 4 heteroatoms. The molecule has 0 radical (unpaired) electrons. The van der Waals surface area contributed by atoms with Crippen molar-refractivity contribution in [2.24, 2.45) is 0 Å². The van der Waals surface area contributed by atoms with Crippen molar-refractivity contribution in [2.45, 2.75) is 18.7 Å². The molecule has 1 aliphatic carbocycles. The molecule has 0 unspecified atom stereocenters. The van der Waals surface area contributed by atoms with E-state index in [1.807, 2.05) is 18.2 Å². The summed E-state index contributed by atoms with van der Waals surface area (Å²) >= 11 is 3.36. The fourth-order valence-corrected chi connectivity index (χ4v) is 4.36. The normalized spacial score (nSPS) is 13.6. The van der Waals surface area contributed by atoms with Gasteiger partial charge in [0.25, 0.3) is 0 Å². The number of hydrogen-bond acceptors (Lipinski definition) is 4. The van der Waals surface area contributed by atoms with Crippen LogP contribution >= 0.6 is 23.5 Å². The smallest absolute Gasteiger partial charge is 0.191 e. The summed E-state index contributed by atoms with van der Waals surface area (Å²) in [5, 5.41) is 12.2. The highest BCUT2D eigenvalue weighted by molar-refractivity contribution is 8.08. The van der Waals surface area contributed by atoms with Crippen molar-refractivity contribution in [3.8, 4) is 5.75 Å². The first-order valence-corrected chi connectivity index (χ1v) is 8.95. The second-order valence-electron chi connectivity index (χ2n) is 4.74. The monoisotopic (exact) mass is 316 g/mol. The molecular formula is C17H16O2S2. The zero-order valence-electron chi connectivity index (χ0n) is 12.0. The van der Waals surface area contributed by atoms with Gasteiger partial charge in [0, 0.05) is 21.3 Å². The lowest BCUT2D eigenvalue weighted by atomic mass is 9.91. The minimum atomic E-state index is -0.0970. The lowest BCUT2D eigenvalue weighted by Crippen LogP contribution is -2.05. The molecule has 0 aliphatic heterocycles. The Bertz CT molecular complexity index is 763. The maximum absolute atomic E-state index is 12.4. The van der Waals surface area contributed by atoms with Gasteiger partial charge in [-0.25, -0.2) is 0 Å². The molecule has 108 valence electrons. The van der Waals surface area contributed by atoms with Gasteiger partial charge in [0.1, 0.15) is 5.75 Å². The molecule has 0 amide bonds. The first-order chi connectivity index (χ1) is 10.2. The first-order valence-electron chi connectivity index (χ1n) is 6.98. The Labute approximate surface area is 132 Å². The van der Waals surface area contributed by atoms with E-state index >= 15 is 0 Å². The lowest BCUT2D eigenvalue weighted by Gasteiger charge is -2.20. The van der Waals surface area contributed by atoms with Gasteiger partial charge in [-0.2, -0.15) is 0 Å². The van der Waals surface area contributed by atoms with E-state index in [0.717, 1.165) is 37.6 Å². The van der Waals surface area contributed by atoms with E-state index in [4.69, 9.17) is 0 Å². The predicted octanol–water partition coefficient (Wildman–Crippen LogP) is 4.95. The third kappa shape index (κ3) is 2.36. The minimum absolute atomic E-state index is 0.0905. The zero-order chi connectivity index (χ0) is 15.0. The summed E-state index contributed by atoms with van der Waals surface area (Å²) in [5.41, 5.74) is 1.50. The van der Waals surface area contributed by atoms with E-state index < -0.39 is 0 Å². The highest BCUT2D eigenvalue weighted by Gasteiger charge is 2.25. The minimum Gasteiger partial charge on any atom is -0.507 e. The maximum Gasteiger partial charge on any atom is 0.191 e. The Balaban J connectivity index is 2.37. The molecule has 0 fully saturated rings. The molecule has 2 nitrogen and oxygen atoms in total. The molecule has 0 atom stereocenters. The van der Waals surface area contributed by atoms with Crippen molar-refractivity contribution in [3.63, 3.8) is 0 Å². The molecule has 21 heavy (non-hydrogen) atoms. The van der Waals surface area contributed by atoms with Crippen LogP contribution < -0.4 is 0 Å². The highest BCUT2D eigenvalue weighted by Crippen LogP contribution is 2.44. The summed E-state index contributed by atoms with van der Waals surface area (Å²) in [6, 6.07) is 7.82. The number of ketones is 1. The van der Waals surface area contributed by atoms with Crippen molar-refractivity contribution in [2.75, 3.05) is 11.5 Å². The number of rotatable bonds is 4. The molecule has 1 N–H and O–H groups in total. The van der Waals surface area contributed by atoms with Crippen molar-refractivity contribution in [1.82, 2.24) is 0 Å². The van der Waals surface area contributed by atoms with E-state index in [1.54, 1.807) is 35.7 Å². The van der Waals surface area contributed by atoms with Crippen LogP contribution in [0.2, 0.25) is 0 Å². The molecular weight excluding hydrogens is 300 g/mol. The van der Waals surface area contributed by atoms with Crippen LogP contribution in [0.5, 0.6) is 5.75 Å². The molecule has 3 rings (SSSR count). The van der Waals surface area contributed by atoms with E-state index in [9.17, 15) is 9.90 Å². The third-order valence-electron chi connectivity index (χ3n) is 3.48. The number of hydrogen-bond donors (Lipinski definition) is 1. The summed E-state index contributed by atoms with van der Waals surface area (Å²) in [6.45, 7) is 4.16. The van der Waals surface area contributed by atoms with Gasteiger partial charge in [0.05, 0.1) is 5.56 Å². The third-order valence-corrected chi connectivity index (χ3v) is 5.35. The van der Waals surface area contributed by atoms with Crippen LogP contribution in [0, 0.1) is 0 Å². The lowest BCUT2D eigenvalue weighted by molar-refractivity contribution is 0.104. The summed E-state index contributed by atoms with van der Waals surface area (Å²) in [6.07, 6.45) is 1.65. The molecule has 0 saturated carbocycles. The average molecular weight is 316 g/mol. The Morgan fingerprint density at radius 1 is 1.14 bits per heavy atom. The fourth-order valence-electron chi connectivity index (χ4n) is 2.70. The molecule has 2 aromatic rings. The number of thioether (sulfide) groups is 2. The number of benzene rings is 2. The van der Waals surface area contributed by atoms with Gasteiger partial charge in [0.15, 0.2) is 5.78 Å². The van der Waals surface area contributed by atoms with Crippen LogP contribution in [0.1, 0.15) is 29.8 Å². The topological polar surface area (TPSA) is 37.3 Å². The summed E-state index contributed by atoms with van der Waals surface area (Å²) in [5.74, 6) is 1.84. The van der Waals surface area contributed by atoms with Crippen LogP contribution in [0.4, 0.5) is 0 Å². The Morgan fingerprint density at radius 2 is 1.90 bits per heavy atom. The number of allylic oxidation sites excluding steroid dienone is 1. The first kappa shape index (κ1) is 14.5. The number of phenols is 1.